The lowest BCUT2D eigenvalue weighted by Gasteiger charge is -2.28. The molecule has 1 amide bonds. The van der Waals surface area contributed by atoms with Crippen LogP contribution in [0.2, 0.25) is 0 Å². The lowest BCUT2D eigenvalue weighted by Crippen LogP contribution is -2.42. The molecule has 0 spiro atoms. The third kappa shape index (κ3) is 3.61. The highest BCUT2D eigenvalue weighted by molar-refractivity contribution is 5.95. The first-order valence-electron chi connectivity index (χ1n) is 7.90. The summed E-state index contributed by atoms with van der Waals surface area (Å²) < 4.78 is 77.8. The van der Waals surface area contributed by atoms with Gasteiger partial charge >= 0.3 is 12.4 Å². The van der Waals surface area contributed by atoms with E-state index in [-0.39, 0.29) is 18.2 Å². The summed E-state index contributed by atoms with van der Waals surface area (Å²) in [4.78, 5) is 14.2. The molecule has 0 aromatic heterocycles. The van der Waals surface area contributed by atoms with Crippen LogP contribution in [0.5, 0.6) is 0 Å². The minimum atomic E-state index is -4.96. The van der Waals surface area contributed by atoms with Gasteiger partial charge in [-0.05, 0) is 44.0 Å². The summed E-state index contributed by atoms with van der Waals surface area (Å²) in [6.07, 6.45) is -7.89. The van der Waals surface area contributed by atoms with E-state index < -0.39 is 35.0 Å². The molecule has 0 radical (unpaired) electrons. The Balaban J connectivity index is 2.02. The zero-order chi connectivity index (χ0) is 18.4. The van der Waals surface area contributed by atoms with Crippen LogP contribution in [-0.4, -0.2) is 36.0 Å². The Bertz CT molecular complexity index is 623. The van der Waals surface area contributed by atoms with E-state index in [9.17, 15) is 31.1 Å². The van der Waals surface area contributed by atoms with E-state index in [1.54, 1.807) is 0 Å². The van der Waals surface area contributed by atoms with Gasteiger partial charge in [0.05, 0.1) is 11.1 Å². The van der Waals surface area contributed by atoms with Gasteiger partial charge in [0.25, 0.3) is 5.91 Å². The average Bonchev–Trinajstić information content (AvgIpc) is 2.77. The van der Waals surface area contributed by atoms with E-state index in [4.69, 9.17) is 0 Å². The Labute approximate surface area is 140 Å². The third-order valence-electron chi connectivity index (χ3n) is 4.72. The second-order valence-corrected chi connectivity index (χ2v) is 6.38. The van der Waals surface area contributed by atoms with Crippen molar-refractivity contribution in [1.82, 2.24) is 10.2 Å². The van der Waals surface area contributed by atoms with Gasteiger partial charge in [-0.25, -0.2) is 0 Å². The molecule has 0 saturated carbocycles. The summed E-state index contributed by atoms with van der Waals surface area (Å²) in [5.74, 6) is -0.771. The van der Waals surface area contributed by atoms with Crippen molar-refractivity contribution < 1.29 is 31.1 Å². The van der Waals surface area contributed by atoms with E-state index >= 15 is 0 Å². The normalized spacial score (nSPS) is 24.3. The summed E-state index contributed by atoms with van der Waals surface area (Å²) >= 11 is 0. The molecule has 9 heteroatoms. The molecule has 2 atom stereocenters. The summed E-state index contributed by atoms with van der Waals surface area (Å²) in [5, 5.41) is 3.13. The second-order valence-electron chi connectivity index (χ2n) is 6.38. The van der Waals surface area contributed by atoms with Crippen molar-refractivity contribution in [2.75, 3.05) is 13.1 Å². The van der Waals surface area contributed by atoms with Crippen molar-refractivity contribution >= 4 is 5.91 Å². The molecule has 3 rings (SSSR count). The Kier molecular flexibility index (Phi) is 4.47. The molecule has 2 unspecified atom stereocenters. The van der Waals surface area contributed by atoms with Crippen molar-refractivity contribution in [3.63, 3.8) is 0 Å². The van der Waals surface area contributed by atoms with Gasteiger partial charge in [-0.1, -0.05) is 0 Å². The number of amides is 1. The average molecular weight is 366 g/mol. The Morgan fingerprint density at radius 1 is 0.920 bits per heavy atom. The Morgan fingerprint density at radius 3 is 2.04 bits per heavy atom. The van der Waals surface area contributed by atoms with Crippen LogP contribution in [0.25, 0.3) is 0 Å². The predicted molar refractivity (Wildman–Crippen MR) is 76.9 cm³/mol. The lowest BCUT2D eigenvalue weighted by molar-refractivity contribution is -0.143. The molecule has 2 saturated heterocycles. The van der Waals surface area contributed by atoms with Gasteiger partial charge in [-0.2, -0.15) is 26.3 Å². The molecule has 2 fully saturated rings. The molecule has 3 nitrogen and oxygen atoms in total. The zero-order valence-electron chi connectivity index (χ0n) is 13.0. The van der Waals surface area contributed by atoms with Gasteiger partial charge in [-0.15, -0.1) is 0 Å². The summed E-state index contributed by atoms with van der Waals surface area (Å²) in [6, 6.07) is 0.695. The van der Waals surface area contributed by atoms with Gasteiger partial charge in [0.15, 0.2) is 0 Å². The number of fused-ring (bicyclic) bond motifs is 2. The van der Waals surface area contributed by atoms with Gasteiger partial charge in [0, 0.05) is 24.2 Å². The van der Waals surface area contributed by atoms with Crippen molar-refractivity contribution in [2.45, 2.75) is 43.7 Å². The van der Waals surface area contributed by atoms with Crippen LogP contribution >= 0.6 is 0 Å². The number of carbonyl (C=O) groups excluding carboxylic acids is 1. The summed E-state index contributed by atoms with van der Waals surface area (Å²) in [6.45, 7) is 1.16. The molecule has 25 heavy (non-hydrogen) atoms. The lowest BCUT2D eigenvalue weighted by atomic mass is 10.0. The number of rotatable bonds is 1. The zero-order valence-corrected chi connectivity index (χ0v) is 13.0. The SMILES string of the molecule is O=C(c1cc(C(F)(F)F)cc(C(F)(F)F)c1)N1C2CCNCC1CC2. The predicted octanol–water partition coefficient (Wildman–Crippen LogP) is 3.69. The Hall–Kier alpha value is -1.77. The van der Waals surface area contributed by atoms with Gasteiger partial charge in [0.2, 0.25) is 0 Å². The smallest absolute Gasteiger partial charge is 0.331 e. The molecule has 1 aromatic rings. The Morgan fingerprint density at radius 2 is 1.48 bits per heavy atom. The number of hydrogen-bond donors (Lipinski definition) is 1. The second kappa shape index (κ2) is 6.19. The van der Waals surface area contributed by atoms with E-state index in [1.807, 2.05) is 0 Å². The third-order valence-corrected chi connectivity index (χ3v) is 4.72. The topological polar surface area (TPSA) is 32.3 Å². The summed E-state index contributed by atoms with van der Waals surface area (Å²) in [7, 11) is 0. The number of benzene rings is 1. The fraction of sp³-hybridized carbons (Fsp3) is 0.562. The minimum absolute atomic E-state index is 0.0371. The van der Waals surface area contributed by atoms with E-state index in [1.165, 1.54) is 4.90 Å². The van der Waals surface area contributed by atoms with E-state index in [2.05, 4.69) is 5.32 Å². The monoisotopic (exact) mass is 366 g/mol. The molecule has 138 valence electrons. The first-order valence-corrected chi connectivity index (χ1v) is 7.90. The molecular weight excluding hydrogens is 350 g/mol. The fourth-order valence-electron chi connectivity index (χ4n) is 3.54. The molecule has 2 aliphatic rings. The maximum Gasteiger partial charge on any atom is 0.416 e. The van der Waals surface area contributed by atoms with Crippen LogP contribution in [0.4, 0.5) is 26.3 Å². The standard InChI is InChI=1S/C16H16F6N2O/c17-15(18,19)10-5-9(6-11(7-10)16(20,21)22)14(25)24-12-1-2-13(24)8-23-4-3-12/h5-7,12-13,23H,1-4,8H2. The first kappa shape index (κ1) is 18.0. The van der Waals surface area contributed by atoms with Crippen LogP contribution in [-0.2, 0) is 12.4 Å². The van der Waals surface area contributed by atoms with Crippen LogP contribution in [0, 0.1) is 0 Å². The number of nitrogens with zero attached hydrogens (tertiary/aromatic N) is 1. The fourth-order valence-corrected chi connectivity index (χ4v) is 3.54. The van der Waals surface area contributed by atoms with Gasteiger partial charge in [-0.3, -0.25) is 4.79 Å². The van der Waals surface area contributed by atoms with Crippen LogP contribution in [0.3, 0.4) is 0 Å². The van der Waals surface area contributed by atoms with Crippen LogP contribution in [0.15, 0.2) is 18.2 Å². The van der Waals surface area contributed by atoms with Crippen LogP contribution in [0.1, 0.15) is 40.7 Å². The molecule has 2 bridgehead atoms. The maximum atomic E-state index is 13.0. The number of nitrogens with one attached hydrogen (secondary N) is 1. The molecule has 1 N–H and O–H groups in total. The molecule has 2 heterocycles. The van der Waals surface area contributed by atoms with Crippen molar-refractivity contribution in [2.24, 2.45) is 0 Å². The minimum Gasteiger partial charge on any atom is -0.331 e. The van der Waals surface area contributed by atoms with Crippen molar-refractivity contribution in [3.05, 3.63) is 34.9 Å². The molecule has 2 aliphatic heterocycles. The van der Waals surface area contributed by atoms with Gasteiger partial charge < -0.3 is 10.2 Å². The molecule has 1 aromatic carbocycles. The first-order chi connectivity index (χ1) is 11.6. The van der Waals surface area contributed by atoms with Crippen molar-refractivity contribution in [3.8, 4) is 0 Å². The summed E-state index contributed by atoms with van der Waals surface area (Å²) in [5.41, 5.74) is -3.50. The van der Waals surface area contributed by atoms with Crippen molar-refractivity contribution in [1.29, 1.82) is 0 Å². The number of halogens is 6. The molecular formula is C16H16F6N2O. The quantitative estimate of drug-likeness (QED) is 0.769. The van der Waals surface area contributed by atoms with E-state index in [0.717, 1.165) is 0 Å². The molecule has 0 aliphatic carbocycles. The number of alkyl halides is 6. The highest BCUT2D eigenvalue weighted by Gasteiger charge is 2.41. The highest BCUT2D eigenvalue weighted by atomic mass is 19.4. The number of hydrogen-bond acceptors (Lipinski definition) is 2. The highest BCUT2D eigenvalue weighted by Crippen LogP contribution is 2.37. The number of carbonyl (C=O) groups is 1. The van der Waals surface area contributed by atoms with Crippen LogP contribution < -0.4 is 5.32 Å². The maximum absolute atomic E-state index is 13.0. The largest absolute Gasteiger partial charge is 0.416 e. The van der Waals surface area contributed by atoms with E-state index in [0.29, 0.717) is 44.5 Å². The van der Waals surface area contributed by atoms with Gasteiger partial charge in [0.1, 0.15) is 0 Å².